The maximum absolute atomic E-state index is 5.62. The molecule has 0 bridgehead atoms. The van der Waals surface area contributed by atoms with Gasteiger partial charge in [0.1, 0.15) is 5.01 Å². The van der Waals surface area contributed by atoms with E-state index in [4.69, 9.17) is 10.7 Å². The summed E-state index contributed by atoms with van der Waals surface area (Å²) in [6, 6.07) is 8.55. The van der Waals surface area contributed by atoms with E-state index in [0.717, 1.165) is 23.1 Å². The van der Waals surface area contributed by atoms with Crippen molar-refractivity contribution < 1.29 is 0 Å². The van der Waals surface area contributed by atoms with Crippen molar-refractivity contribution in [2.75, 3.05) is 12.3 Å². The highest BCUT2D eigenvalue weighted by Crippen LogP contribution is 2.26. The van der Waals surface area contributed by atoms with Crippen LogP contribution in [0.3, 0.4) is 0 Å². The lowest BCUT2D eigenvalue weighted by Gasteiger charge is -2.05. The molecule has 1 atom stereocenters. The standard InChI is InChI=1S/C15H20N2S2/c1-11-3-5-13(6-4-11)15-17-14(10-19-15)9-18-8-12(2)7-16/h3-6,10,12H,7-9,16H2,1-2H3. The summed E-state index contributed by atoms with van der Waals surface area (Å²) in [5.74, 6) is 2.67. The predicted octanol–water partition coefficient (Wildman–Crippen LogP) is 3.95. The number of benzene rings is 1. The summed E-state index contributed by atoms with van der Waals surface area (Å²) in [4.78, 5) is 4.70. The lowest BCUT2D eigenvalue weighted by atomic mass is 10.2. The molecule has 0 aliphatic carbocycles. The van der Waals surface area contributed by atoms with Crippen LogP contribution in [0.2, 0.25) is 0 Å². The van der Waals surface area contributed by atoms with E-state index in [1.807, 2.05) is 11.8 Å². The molecule has 0 aliphatic heterocycles. The highest BCUT2D eigenvalue weighted by molar-refractivity contribution is 7.98. The SMILES string of the molecule is Cc1ccc(-c2nc(CSCC(C)CN)cs2)cc1. The van der Waals surface area contributed by atoms with Gasteiger partial charge >= 0.3 is 0 Å². The third-order valence-electron chi connectivity index (χ3n) is 2.90. The minimum absolute atomic E-state index is 0.584. The van der Waals surface area contributed by atoms with Gasteiger partial charge in [-0.25, -0.2) is 4.98 Å². The van der Waals surface area contributed by atoms with Crippen molar-refractivity contribution in [3.05, 3.63) is 40.9 Å². The Kier molecular flexibility index (Phi) is 5.43. The summed E-state index contributed by atoms with van der Waals surface area (Å²) < 4.78 is 0. The van der Waals surface area contributed by atoms with Crippen molar-refractivity contribution in [1.82, 2.24) is 4.98 Å². The van der Waals surface area contributed by atoms with E-state index >= 15 is 0 Å². The van der Waals surface area contributed by atoms with E-state index in [1.165, 1.54) is 16.8 Å². The van der Waals surface area contributed by atoms with Crippen LogP contribution in [0, 0.1) is 12.8 Å². The zero-order valence-electron chi connectivity index (χ0n) is 11.4. The molecule has 1 aromatic carbocycles. The molecule has 1 heterocycles. The molecule has 2 nitrogen and oxygen atoms in total. The highest BCUT2D eigenvalue weighted by Gasteiger charge is 2.06. The van der Waals surface area contributed by atoms with Crippen LogP contribution >= 0.6 is 23.1 Å². The van der Waals surface area contributed by atoms with E-state index < -0.39 is 0 Å². The number of thioether (sulfide) groups is 1. The zero-order chi connectivity index (χ0) is 13.7. The van der Waals surface area contributed by atoms with Crippen molar-refractivity contribution in [1.29, 1.82) is 0 Å². The number of nitrogens with zero attached hydrogens (tertiary/aromatic N) is 1. The lowest BCUT2D eigenvalue weighted by molar-refractivity contribution is 0.675. The predicted molar refractivity (Wildman–Crippen MR) is 86.7 cm³/mol. The van der Waals surface area contributed by atoms with Crippen molar-refractivity contribution in [3.63, 3.8) is 0 Å². The molecule has 1 aromatic heterocycles. The van der Waals surface area contributed by atoms with Crippen LogP contribution in [0.1, 0.15) is 18.2 Å². The van der Waals surface area contributed by atoms with Crippen LogP contribution in [0.15, 0.2) is 29.6 Å². The molecule has 1 unspecified atom stereocenters. The molecular weight excluding hydrogens is 272 g/mol. The van der Waals surface area contributed by atoms with Crippen LogP contribution in [-0.4, -0.2) is 17.3 Å². The average molecular weight is 292 g/mol. The Morgan fingerprint density at radius 2 is 2.05 bits per heavy atom. The maximum atomic E-state index is 5.62. The highest BCUT2D eigenvalue weighted by atomic mass is 32.2. The first-order chi connectivity index (χ1) is 9.19. The molecule has 2 aromatic rings. The second-order valence-electron chi connectivity index (χ2n) is 4.87. The third-order valence-corrected chi connectivity index (χ3v) is 5.15. The van der Waals surface area contributed by atoms with Crippen LogP contribution in [0.5, 0.6) is 0 Å². The second kappa shape index (κ2) is 7.08. The summed E-state index contributed by atoms with van der Waals surface area (Å²) in [6.45, 7) is 5.05. The smallest absolute Gasteiger partial charge is 0.123 e. The van der Waals surface area contributed by atoms with Crippen LogP contribution in [-0.2, 0) is 5.75 Å². The average Bonchev–Trinajstić information content (AvgIpc) is 2.88. The van der Waals surface area contributed by atoms with Gasteiger partial charge in [-0.15, -0.1) is 11.3 Å². The van der Waals surface area contributed by atoms with Gasteiger partial charge in [0.15, 0.2) is 0 Å². The molecule has 102 valence electrons. The van der Waals surface area contributed by atoms with Gasteiger partial charge in [0.25, 0.3) is 0 Å². The number of aromatic nitrogens is 1. The molecular formula is C15H20N2S2. The van der Waals surface area contributed by atoms with Crippen molar-refractivity contribution >= 4 is 23.1 Å². The van der Waals surface area contributed by atoms with E-state index in [1.54, 1.807) is 11.3 Å². The molecule has 0 spiro atoms. The topological polar surface area (TPSA) is 38.9 Å². The van der Waals surface area contributed by atoms with Gasteiger partial charge < -0.3 is 5.73 Å². The van der Waals surface area contributed by atoms with Gasteiger partial charge in [-0.1, -0.05) is 36.8 Å². The molecule has 0 amide bonds. The van der Waals surface area contributed by atoms with Gasteiger partial charge in [0.05, 0.1) is 5.69 Å². The first-order valence-corrected chi connectivity index (χ1v) is 8.51. The summed E-state index contributed by atoms with van der Waals surface area (Å²) in [7, 11) is 0. The van der Waals surface area contributed by atoms with Gasteiger partial charge in [-0.2, -0.15) is 11.8 Å². The summed E-state index contributed by atoms with van der Waals surface area (Å²) in [5.41, 5.74) is 9.29. The van der Waals surface area contributed by atoms with Crippen LogP contribution in [0.4, 0.5) is 0 Å². The van der Waals surface area contributed by atoms with Crippen LogP contribution < -0.4 is 5.73 Å². The quantitative estimate of drug-likeness (QED) is 0.876. The molecule has 4 heteroatoms. The van der Waals surface area contributed by atoms with E-state index in [-0.39, 0.29) is 0 Å². The molecule has 2 rings (SSSR count). The first-order valence-electron chi connectivity index (χ1n) is 6.48. The second-order valence-corrected chi connectivity index (χ2v) is 6.75. The minimum atomic E-state index is 0.584. The van der Waals surface area contributed by atoms with E-state index in [0.29, 0.717) is 5.92 Å². The molecule has 19 heavy (non-hydrogen) atoms. The molecule has 0 aliphatic rings. The summed E-state index contributed by atoms with van der Waals surface area (Å²) in [6.07, 6.45) is 0. The summed E-state index contributed by atoms with van der Waals surface area (Å²) >= 11 is 3.64. The van der Waals surface area contributed by atoms with Crippen molar-refractivity contribution in [2.24, 2.45) is 11.7 Å². The normalized spacial score (nSPS) is 12.6. The Hall–Kier alpha value is -0.840. The fourth-order valence-corrected chi connectivity index (χ4v) is 3.58. The fourth-order valence-electron chi connectivity index (χ4n) is 1.63. The largest absolute Gasteiger partial charge is 0.330 e. The molecule has 0 fully saturated rings. The Labute approximate surface area is 123 Å². The number of hydrogen-bond acceptors (Lipinski definition) is 4. The van der Waals surface area contributed by atoms with Crippen molar-refractivity contribution in [3.8, 4) is 10.6 Å². The zero-order valence-corrected chi connectivity index (χ0v) is 13.1. The van der Waals surface area contributed by atoms with Gasteiger partial charge in [-0.05, 0) is 25.1 Å². The molecule has 2 N–H and O–H groups in total. The van der Waals surface area contributed by atoms with E-state index in [2.05, 4.69) is 43.5 Å². The number of aryl methyl sites for hydroxylation is 1. The van der Waals surface area contributed by atoms with Gasteiger partial charge in [0, 0.05) is 16.7 Å². The third kappa shape index (κ3) is 4.34. The first kappa shape index (κ1) is 14.6. The van der Waals surface area contributed by atoms with Crippen molar-refractivity contribution in [2.45, 2.75) is 19.6 Å². The summed E-state index contributed by atoms with van der Waals surface area (Å²) in [5, 5.41) is 3.28. The molecule has 0 radical (unpaired) electrons. The Morgan fingerprint density at radius 3 is 2.74 bits per heavy atom. The van der Waals surface area contributed by atoms with E-state index in [9.17, 15) is 0 Å². The Bertz CT molecular complexity index is 505. The van der Waals surface area contributed by atoms with Gasteiger partial charge in [-0.3, -0.25) is 0 Å². The van der Waals surface area contributed by atoms with Crippen LogP contribution in [0.25, 0.3) is 10.6 Å². The van der Waals surface area contributed by atoms with Gasteiger partial charge in [0.2, 0.25) is 0 Å². The minimum Gasteiger partial charge on any atom is -0.330 e. The monoisotopic (exact) mass is 292 g/mol. The Balaban J connectivity index is 1.93. The Morgan fingerprint density at radius 1 is 1.32 bits per heavy atom. The number of thiazole rings is 1. The lowest BCUT2D eigenvalue weighted by Crippen LogP contribution is -2.12. The fraction of sp³-hybridized carbons (Fsp3) is 0.400. The molecule has 0 saturated heterocycles. The number of hydrogen-bond donors (Lipinski definition) is 1. The molecule has 0 saturated carbocycles. The number of nitrogens with two attached hydrogens (primary N) is 1. The maximum Gasteiger partial charge on any atom is 0.123 e. The number of rotatable bonds is 6.